The topological polar surface area (TPSA) is 75.4 Å². The van der Waals surface area contributed by atoms with Gasteiger partial charge in [0.05, 0.1) is 12.2 Å². The Bertz CT molecular complexity index is 925. The first kappa shape index (κ1) is 20.6. The molecule has 2 aliphatic heterocycles. The van der Waals surface area contributed by atoms with Gasteiger partial charge in [0.2, 0.25) is 5.91 Å². The van der Waals surface area contributed by atoms with Crippen LogP contribution in [-0.4, -0.2) is 44.6 Å². The van der Waals surface area contributed by atoms with E-state index < -0.39 is 11.9 Å². The zero-order valence-electron chi connectivity index (χ0n) is 17.0. The predicted molar refractivity (Wildman–Crippen MR) is 102 cm³/mol. The third-order valence-electron chi connectivity index (χ3n) is 6.36. The highest BCUT2D eigenvalue weighted by Gasteiger charge is 2.46. The Balaban J connectivity index is 1.55. The van der Waals surface area contributed by atoms with E-state index in [0.29, 0.717) is 38.2 Å². The minimum absolute atomic E-state index is 0.102. The first-order valence-electron chi connectivity index (χ1n) is 10.1. The van der Waals surface area contributed by atoms with E-state index in [0.717, 1.165) is 42.9 Å². The molecular formula is C20H24F3N5O2. The molecule has 4 heterocycles. The van der Waals surface area contributed by atoms with Gasteiger partial charge in [-0.2, -0.15) is 13.2 Å². The molecule has 0 aromatic carbocycles. The lowest BCUT2D eigenvalue weighted by Crippen LogP contribution is -2.46. The van der Waals surface area contributed by atoms with Crippen LogP contribution in [0.25, 0.3) is 0 Å². The van der Waals surface area contributed by atoms with Crippen molar-refractivity contribution in [1.82, 2.24) is 20.0 Å². The number of halogens is 3. The maximum atomic E-state index is 13.0. The van der Waals surface area contributed by atoms with Crippen LogP contribution in [0.15, 0.2) is 16.9 Å². The molecule has 2 aromatic rings. The second-order valence-electron chi connectivity index (χ2n) is 8.11. The average molecular weight is 423 g/mol. The Hall–Kier alpha value is -2.65. The van der Waals surface area contributed by atoms with Gasteiger partial charge in [0.15, 0.2) is 0 Å². The smallest absolute Gasteiger partial charge is 0.361 e. The number of anilines is 1. The van der Waals surface area contributed by atoms with Crippen molar-refractivity contribution in [2.45, 2.75) is 64.2 Å². The van der Waals surface area contributed by atoms with Crippen molar-refractivity contribution in [3.8, 4) is 0 Å². The van der Waals surface area contributed by atoms with Gasteiger partial charge in [-0.25, -0.2) is 9.97 Å². The summed E-state index contributed by atoms with van der Waals surface area (Å²) < 4.78 is 44.3. The van der Waals surface area contributed by atoms with Gasteiger partial charge < -0.3 is 14.3 Å². The Morgan fingerprint density at radius 3 is 2.67 bits per heavy atom. The number of aryl methyl sites for hydroxylation is 2. The average Bonchev–Trinajstić information content (AvgIpc) is 3.07. The quantitative estimate of drug-likeness (QED) is 0.750. The van der Waals surface area contributed by atoms with Crippen molar-refractivity contribution < 1.29 is 22.5 Å². The second-order valence-corrected chi connectivity index (χ2v) is 8.11. The number of nitrogens with zero attached hydrogens (tertiary/aromatic N) is 5. The molecular weight excluding hydrogens is 399 g/mol. The fraction of sp³-hybridized carbons (Fsp3) is 0.600. The molecule has 0 bridgehead atoms. The summed E-state index contributed by atoms with van der Waals surface area (Å²) in [6.45, 7) is 5.26. The molecule has 30 heavy (non-hydrogen) atoms. The van der Waals surface area contributed by atoms with E-state index in [4.69, 9.17) is 4.52 Å². The Labute approximate surface area is 172 Å². The lowest BCUT2D eigenvalue weighted by molar-refractivity contribution is -0.141. The number of hydrogen-bond donors (Lipinski definition) is 0. The zero-order chi connectivity index (χ0) is 21.5. The lowest BCUT2D eigenvalue weighted by atomic mass is 9.87. The molecule has 2 saturated heterocycles. The third kappa shape index (κ3) is 3.75. The lowest BCUT2D eigenvalue weighted by Gasteiger charge is -2.38. The van der Waals surface area contributed by atoms with E-state index in [9.17, 15) is 18.0 Å². The molecule has 1 atom stereocenters. The monoisotopic (exact) mass is 423 g/mol. The van der Waals surface area contributed by atoms with E-state index in [2.05, 4.69) is 15.1 Å². The third-order valence-corrected chi connectivity index (χ3v) is 6.36. The largest absolute Gasteiger partial charge is 0.433 e. The molecule has 1 unspecified atom stereocenters. The molecule has 10 heteroatoms. The van der Waals surface area contributed by atoms with Crippen LogP contribution < -0.4 is 4.90 Å². The summed E-state index contributed by atoms with van der Waals surface area (Å²) in [5.74, 6) is 1.08. The van der Waals surface area contributed by atoms with Gasteiger partial charge in [-0.1, -0.05) is 5.16 Å². The van der Waals surface area contributed by atoms with Crippen LogP contribution in [0.1, 0.15) is 54.8 Å². The fourth-order valence-electron chi connectivity index (χ4n) is 4.62. The van der Waals surface area contributed by atoms with Crippen LogP contribution in [0.4, 0.5) is 19.0 Å². The Morgan fingerprint density at radius 2 is 1.97 bits per heavy atom. The molecule has 1 amide bonds. The summed E-state index contributed by atoms with van der Waals surface area (Å²) in [6.07, 6.45) is -0.0782. The van der Waals surface area contributed by atoms with Crippen LogP contribution in [0.3, 0.4) is 0 Å². The van der Waals surface area contributed by atoms with Gasteiger partial charge >= 0.3 is 6.18 Å². The molecule has 162 valence electrons. The molecule has 2 aliphatic rings. The Morgan fingerprint density at radius 1 is 1.17 bits per heavy atom. The fourth-order valence-corrected chi connectivity index (χ4v) is 4.62. The first-order chi connectivity index (χ1) is 14.2. The van der Waals surface area contributed by atoms with Crippen molar-refractivity contribution in [3.63, 3.8) is 0 Å². The van der Waals surface area contributed by atoms with Crippen molar-refractivity contribution in [2.24, 2.45) is 0 Å². The van der Waals surface area contributed by atoms with Gasteiger partial charge in [0, 0.05) is 36.7 Å². The molecule has 1 spiro atoms. The number of carbonyl (C=O) groups is 1. The van der Waals surface area contributed by atoms with Gasteiger partial charge in [-0.05, 0) is 39.5 Å². The maximum absolute atomic E-state index is 13.0. The number of rotatable bonds is 3. The van der Waals surface area contributed by atoms with Crippen molar-refractivity contribution in [1.29, 1.82) is 0 Å². The molecule has 2 fully saturated rings. The van der Waals surface area contributed by atoms with E-state index in [1.54, 1.807) is 0 Å². The van der Waals surface area contributed by atoms with E-state index in [1.165, 1.54) is 0 Å². The minimum atomic E-state index is -4.51. The second kappa shape index (κ2) is 7.55. The molecule has 7 nitrogen and oxygen atoms in total. The SMILES string of the molecule is Cc1noc(C)c1CN1C(=O)CCC12CCCN(c1cc(C(F)(F)F)ncn1)CC2. The normalized spacial score (nSPS) is 22.8. The summed E-state index contributed by atoms with van der Waals surface area (Å²) in [4.78, 5) is 23.9. The van der Waals surface area contributed by atoms with Crippen LogP contribution in [-0.2, 0) is 17.5 Å². The van der Waals surface area contributed by atoms with Crippen molar-refractivity contribution in [3.05, 3.63) is 35.1 Å². The van der Waals surface area contributed by atoms with Crippen LogP contribution in [0, 0.1) is 13.8 Å². The standard InChI is InChI=1S/C20H24F3N5O2/c1-13-15(14(2)30-26-13)11-28-18(29)4-6-19(28)5-3-8-27(9-7-19)17-10-16(20(21,22)23)24-12-25-17/h10,12H,3-9,11H2,1-2H3. The summed E-state index contributed by atoms with van der Waals surface area (Å²) in [5.41, 5.74) is 0.458. The highest BCUT2D eigenvalue weighted by atomic mass is 19.4. The molecule has 4 rings (SSSR count). The summed E-state index contributed by atoms with van der Waals surface area (Å²) in [7, 11) is 0. The van der Waals surface area contributed by atoms with Crippen LogP contribution in [0.2, 0.25) is 0 Å². The maximum Gasteiger partial charge on any atom is 0.433 e. The van der Waals surface area contributed by atoms with Crippen LogP contribution >= 0.6 is 0 Å². The number of amides is 1. The summed E-state index contributed by atoms with van der Waals surface area (Å²) in [6, 6.07) is 0.999. The summed E-state index contributed by atoms with van der Waals surface area (Å²) >= 11 is 0. The van der Waals surface area contributed by atoms with Crippen LogP contribution in [0.5, 0.6) is 0 Å². The molecule has 0 saturated carbocycles. The highest BCUT2D eigenvalue weighted by Crippen LogP contribution is 2.41. The number of aromatic nitrogens is 3. The number of carbonyl (C=O) groups excluding carboxylic acids is 1. The van der Waals surface area contributed by atoms with E-state index >= 15 is 0 Å². The van der Waals surface area contributed by atoms with Gasteiger partial charge in [-0.3, -0.25) is 4.79 Å². The minimum Gasteiger partial charge on any atom is -0.361 e. The van der Waals surface area contributed by atoms with Crippen molar-refractivity contribution in [2.75, 3.05) is 18.0 Å². The predicted octanol–water partition coefficient (Wildman–Crippen LogP) is 3.65. The van der Waals surface area contributed by atoms with E-state index in [-0.39, 0.29) is 17.3 Å². The summed E-state index contributed by atoms with van der Waals surface area (Å²) in [5, 5.41) is 3.99. The molecule has 0 aliphatic carbocycles. The molecule has 0 N–H and O–H groups in total. The number of hydrogen-bond acceptors (Lipinski definition) is 6. The zero-order valence-corrected chi connectivity index (χ0v) is 17.0. The first-order valence-corrected chi connectivity index (χ1v) is 10.1. The Kier molecular flexibility index (Phi) is 5.19. The molecule has 0 radical (unpaired) electrons. The van der Waals surface area contributed by atoms with Gasteiger partial charge in [-0.15, -0.1) is 0 Å². The van der Waals surface area contributed by atoms with Gasteiger partial charge in [0.1, 0.15) is 23.6 Å². The van der Waals surface area contributed by atoms with E-state index in [1.807, 2.05) is 23.6 Å². The number of likely N-dealkylation sites (tertiary alicyclic amines) is 1. The highest BCUT2D eigenvalue weighted by molar-refractivity contribution is 5.79. The van der Waals surface area contributed by atoms with Crippen molar-refractivity contribution >= 4 is 11.7 Å². The molecule has 2 aromatic heterocycles. The number of alkyl halides is 3. The van der Waals surface area contributed by atoms with Gasteiger partial charge in [0.25, 0.3) is 0 Å².